The second-order valence-corrected chi connectivity index (χ2v) is 3.89. The van der Waals surface area contributed by atoms with Crippen LogP contribution in [0.2, 0.25) is 0 Å². The van der Waals surface area contributed by atoms with E-state index in [1.165, 1.54) is 12.4 Å². The lowest BCUT2D eigenvalue weighted by atomic mass is 9.98. The Kier molecular flexibility index (Phi) is 4.51. The number of carbonyl (C=O) groups is 1. The van der Waals surface area contributed by atoms with Crippen LogP contribution in [0.3, 0.4) is 0 Å². The molecule has 17 heavy (non-hydrogen) atoms. The van der Waals surface area contributed by atoms with Crippen molar-refractivity contribution in [2.75, 3.05) is 18.0 Å². The highest BCUT2D eigenvalue weighted by atomic mass is 35.5. The van der Waals surface area contributed by atoms with E-state index in [0.717, 1.165) is 13.0 Å². The highest BCUT2D eigenvalue weighted by molar-refractivity contribution is 5.85. The number of aliphatic carboxylic acids is 1. The van der Waals surface area contributed by atoms with Crippen LogP contribution >= 0.6 is 12.4 Å². The summed E-state index contributed by atoms with van der Waals surface area (Å²) in [6.07, 6.45) is 2.84. The number of carboxylic acid groups (broad SMARTS) is 1. The first-order chi connectivity index (χ1) is 7.66. The molecular formula is C10H14ClN3O3. The van der Waals surface area contributed by atoms with E-state index in [0.29, 0.717) is 18.8 Å². The van der Waals surface area contributed by atoms with Crippen LogP contribution in [0.5, 0.6) is 0 Å². The molecule has 2 heterocycles. The lowest BCUT2D eigenvalue weighted by Crippen LogP contribution is -2.39. The first-order valence-corrected chi connectivity index (χ1v) is 5.19. The Balaban J connectivity index is 0.00000144. The maximum absolute atomic E-state index is 11.1. The number of halogens is 1. The molecule has 94 valence electrons. The van der Waals surface area contributed by atoms with Crippen molar-refractivity contribution < 1.29 is 9.90 Å². The van der Waals surface area contributed by atoms with E-state index in [9.17, 15) is 9.59 Å². The third-order valence-corrected chi connectivity index (χ3v) is 2.76. The molecule has 0 radical (unpaired) electrons. The summed E-state index contributed by atoms with van der Waals surface area (Å²) in [4.78, 5) is 30.3. The number of H-pyrrole nitrogens is 1. The number of aromatic nitrogens is 2. The summed E-state index contributed by atoms with van der Waals surface area (Å²) in [7, 11) is 0. The second kappa shape index (κ2) is 5.67. The number of hydrogen-bond donors (Lipinski definition) is 2. The Morgan fingerprint density at radius 3 is 3.00 bits per heavy atom. The predicted octanol–water partition coefficient (Wildman–Crippen LogP) is 0.493. The number of carboxylic acids is 1. The molecule has 1 fully saturated rings. The number of aromatic amines is 1. The van der Waals surface area contributed by atoms with Gasteiger partial charge < -0.3 is 15.0 Å². The van der Waals surface area contributed by atoms with Crippen LogP contribution in [0.4, 0.5) is 5.82 Å². The zero-order chi connectivity index (χ0) is 11.5. The molecule has 1 atom stereocenters. The van der Waals surface area contributed by atoms with Crippen LogP contribution < -0.4 is 10.5 Å². The summed E-state index contributed by atoms with van der Waals surface area (Å²) in [6.45, 7) is 1.17. The predicted molar refractivity (Wildman–Crippen MR) is 64.7 cm³/mol. The van der Waals surface area contributed by atoms with Crippen LogP contribution in [0, 0.1) is 5.92 Å². The fraction of sp³-hybridized carbons (Fsp3) is 0.500. The van der Waals surface area contributed by atoms with Gasteiger partial charge in [0.2, 0.25) is 0 Å². The first kappa shape index (κ1) is 13.5. The van der Waals surface area contributed by atoms with E-state index in [1.54, 1.807) is 0 Å². The largest absolute Gasteiger partial charge is 0.481 e. The SMILES string of the molecule is Cl.O=C(O)C1CCCN(c2cc(=O)[nH]cn2)C1. The van der Waals surface area contributed by atoms with Crippen LogP contribution in [-0.4, -0.2) is 34.1 Å². The maximum atomic E-state index is 11.1. The Morgan fingerprint density at radius 2 is 2.35 bits per heavy atom. The van der Waals surface area contributed by atoms with Crippen molar-refractivity contribution in [2.45, 2.75) is 12.8 Å². The third kappa shape index (κ3) is 3.20. The van der Waals surface area contributed by atoms with Crippen molar-refractivity contribution >= 4 is 24.2 Å². The number of hydrogen-bond acceptors (Lipinski definition) is 4. The highest BCUT2D eigenvalue weighted by Gasteiger charge is 2.25. The van der Waals surface area contributed by atoms with E-state index in [-0.39, 0.29) is 23.9 Å². The van der Waals surface area contributed by atoms with Crippen molar-refractivity contribution in [3.63, 3.8) is 0 Å². The lowest BCUT2D eigenvalue weighted by molar-refractivity contribution is -0.141. The number of nitrogens with one attached hydrogen (secondary N) is 1. The molecule has 0 aliphatic carbocycles. The van der Waals surface area contributed by atoms with E-state index in [1.807, 2.05) is 4.90 Å². The molecular weight excluding hydrogens is 246 g/mol. The maximum Gasteiger partial charge on any atom is 0.308 e. The van der Waals surface area contributed by atoms with Gasteiger partial charge in [-0.1, -0.05) is 0 Å². The zero-order valence-corrected chi connectivity index (χ0v) is 9.94. The van der Waals surface area contributed by atoms with Gasteiger partial charge in [-0.2, -0.15) is 0 Å². The summed E-state index contributed by atoms with van der Waals surface area (Å²) >= 11 is 0. The van der Waals surface area contributed by atoms with E-state index in [2.05, 4.69) is 9.97 Å². The fourth-order valence-corrected chi connectivity index (χ4v) is 1.92. The molecule has 6 nitrogen and oxygen atoms in total. The molecule has 0 bridgehead atoms. The van der Waals surface area contributed by atoms with Crippen molar-refractivity contribution in [1.82, 2.24) is 9.97 Å². The fourth-order valence-electron chi connectivity index (χ4n) is 1.92. The summed E-state index contributed by atoms with van der Waals surface area (Å²) in [5.74, 6) is -0.598. The Hall–Kier alpha value is -1.56. The van der Waals surface area contributed by atoms with Gasteiger partial charge in [-0.25, -0.2) is 4.98 Å². The summed E-state index contributed by atoms with van der Waals surface area (Å²) < 4.78 is 0. The van der Waals surface area contributed by atoms with Crippen LogP contribution in [-0.2, 0) is 4.79 Å². The molecule has 2 rings (SSSR count). The Morgan fingerprint density at radius 1 is 1.59 bits per heavy atom. The van der Waals surface area contributed by atoms with Gasteiger partial charge in [0.25, 0.3) is 5.56 Å². The third-order valence-electron chi connectivity index (χ3n) is 2.76. The van der Waals surface area contributed by atoms with Gasteiger partial charge in [-0.05, 0) is 12.8 Å². The molecule has 1 unspecified atom stereocenters. The average molecular weight is 260 g/mol. The smallest absolute Gasteiger partial charge is 0.308 e. The minimum atomic E-state index is -0.783. The van der Waals surface area contributed by atoms with Gasteiger partial charge in [0.15, 0.2) is 0 Å². The molecule has 7 heteroatoms. The first-order valence-electron chi connectivity index (χ1n) is 5.19. The Bertz CT molecular complexity index is 448. The van der Waals surface area contributed by atoms with E-state index >= 15 is 0 Å². The molecule has 0 saturated carbocycles. The van der Waals surface area contributed by atoms with Gasteiger partial charge in [0.05, 0.1) is 12.2 Å². The monoisotopic (exact) mass is 259 g/mol. The van der Waals surface area contributed by atoms with Crippen molar-refractivity contribution in [3.8, 4) is 0 Å². The normalized spacial score (nSPS) is 19.5. The molecule has 0 aromatic carbocycles. The van der Waals surface area contributed by atoms with Gasteiger partial charge in [-0.15, -0.1) is 12.4 Å². The molecule has 1 saturated heterocycles. The standard InChI is InChI=1S/C10H13N3O3.ClH/c14-9-4-8(11-6-12-9)13-3-1-2-7(5-13)10(15)16;/h4,6-7H,1-3,5H2,(H,15,16)(H,11,12,14);1H. The summed E-state index contributed by atoms with van der Waals surface area (Å²) in [6, 6.07) is 1.39. The van der Waals surface area contributed by atoms with Crippen LogP contribution in [0.1, 0.15) is 12.8 Å². The summed E-state index contributed by atoms with van der Waals surface area (Å²) in [5, 5.41) is 8.94. The quantitative estimate of drug-likeness (QED) is 0.807. The topological polar surface area (TPSA) is 86.3 Å². The number of rotatable bonds is 2. The second-order valence-electron chi connectivity index (χ2n) is 3.89. The van der Waals surface area contributed by atoms with Gasteiger partial charge in [0, 0.05) is 19.2 Å². The van der Waals surface area contributed by atoms with E-state index in [4.69, 9.17) is 5.11 Å². The molecule has 1 aliphatic rings. The van der Waals surface area contributed by atoms with Crippen molar-refractivity contribution in [2.24, 2.45) is 5.92 Å². The minimum Gasteiger partial charge on any atom is -0.481 e. The molecule has 2 N–H and O–H groups in total. The molecule has 1 aromatic heterocycles. The van der Waals surface area contributed by atoms with Gasteiger partial charge >= 0.3 is 5.97 Å². The highest BCUT2D eigenvalue weighted by Crippen LogP contribution is 2.20. The van der Waals surface area contributed by atoms with Crippen molar-refractivity contribution in [3.05, 3.63) is 22.7 Å². The van der Waals surface area contributed by atoms with Gasteiger partial charge in [-0.3, -0.25) is 9.59 Å². The lowest BCUT2D eigenvalue weighted by Gasteiger charge is -2.31. The van der Waals surface area contributed by atoms with Crippen LogP contribution in [0.15, 0.2) is 17.2 Å². The minimum absolute atomic E-state index is 0. The van der Waals surface area contributed by atoms with Crippen LogP contribution in [0.25, 0.3) is 0 Å². The van der Waals surface area contributed by atoms with E-state index < -0.39 is 5.97 Å². The Labute approximate surface area is 104 Å². The summed E-state index contributed by atoms with van der Waals surface area (Å²) in [5.41, 5.74) is -0.220. The van der Waals surface area contributed by atoms with Crippen molar-refractivity contribution in [1.29, 1.82) is 0 Å². The van der Waals surface area contributed by atoms with Gasteiger partial charge in [0.1, 0.15) is 5.82 Å². The number of anilines is 1. The average Bonchev–Trinajstić information content (AvgIpc) is 2.29. The molecule has 0 amide bonds. The number of nitrogens with zero attached hydrogens (tertiary/aromatic N) is 2. The zero-order valence-electron chi connectivity index (χ0n) is 9.13. The molecule has 1 aliphatic heterocycles. The molecule has 0 spiro atoms. The number of piperidine rings is 1. The molecule has 1 aromatic rings.